The fraction of sp³-hybridized carbons (Fsp3) is 0.368. The molecule has 1 amide bonds. The van der Waals surface area contributed by atoms with Crippen LogP contribution in [0.4, 0.5) is 0 Å². The number of aryl methyl sites for hydroxylation is 1. The van der Waals surface area contributed by atoms with Gasteiger partial charge in [0.2, 0.25) is 0 Å². The number of pyridine rings is 1. The first-order valence-corrected chi connectivity index (χ1v) is 9.07. The van der Waals surface area contributed by atoms with Crippen LogP contribution in [-0.4, -0.2) is 41.7 Å². The lowest BCUT2D eigenvalue weighted by molar-refractivity contribution is 0.0589. The molecule has 7 heteroatoms. The standard InChI is InChI=1S/C19H22N6O/c1-2-23-14-11-20-18(23)16-8-3-4-12-24(16)19(26)15-7-5-9-17(22-15)25-13-6-10-21-25/h5-7,9-11,13-14,16H,2-4,8,12H2,1H3. The van der Waals surface area contributed by atoms with Crippen molar-refractivity contribution >= 4 is 5.91 Å². The molecule has 4 rings (SSSR count). The Morgan fingerprint density at radius 1 is 1.19 bits per heavy atom. The summed E-state index contributed by atoms with van der Waals surface area (Å²) < 4.78 is 3.78. The summed E-state index contributed by atoms with van der Waals surface area (Å²) in [5, 5.41) is 4.19. The minimum Gasteiger partial charge on any atom is -0.333 e. The van der Waals surface area contributed by atoms with Gasteiger partial charge in [0.15, 0.2) is 5.82 Å². The molecule has 0 bridgehead atoms. The highest BCUT2D eigenvalue weighted by Gasteiger charge is 2.32. The molecular formula is C19H22N6O. The maximum absolute atomic E-state index is 13.2. The second-order valence-electron chi connectivity index (χ2n) is 6.41. The van der Waals surface area contributed by atoms with E-state index in [-0.39, 0.29) is 11.9 Å². The van der Waals surface area contributed by atoms with E-state index in [0.29, 0.717) is 11.5 Å². The fourth-order valence-electron chi connectivity index (χ4n) is 3.55. The molecule has 1 fully saturated rings. The highest BCUT2D eigenvalue weighted by Crippen LogP contribution is 2.31. The van der Waals surface area contributed by atoms with Gasteiger partial charge in [-0.15, -0.1) is 0 Å². The van der Waals surface area contributed by atoms with Gasteiger partial charge in [-0.1, -0.05) is 6.07 Å². The summed E-state index contributed by atoms with van der Waals surface area (Å²) >= 11 is 0. The predicted molar refractivity (Wildman–Crippen MR) is 96.9 cm³/mol. The molecule has 1 aliphatic rings. The van der Waals surface area contributed by atoms with Crippen LogP contribution in [0, 0.1) is 0 Å². The molecule has 1 atom stereocenters. The van der Waals surface area contributed by atoms with Crippen molar-refractivity contribution in [2.24, 2.45) is 0 Å². The molecule has 3 aromatic rings. The van der Waals surface area contributed by atoms with Crippen LogP contribution >= 0.6 is 0 Å². The van der Waals surface area contributed by atoms with E-state index in [4.69, 9.17) is 0 Å². The quantitative estimate of drug-likeness (QED) is 0.725. The van der Waals surface area contributed by atoms with Crippen molar-refractivity contribution in [1.82, 2.24) is 29.2 Å². The van der Waals surface area contributed by atoms with Gasteiger partial charge in [-0.05, 0) is 44.4 Å². The minimum atomic E-state index is -0.0469. The summed E-state index contributed by atoms with van der Waals surface area (Å²) in [6, 6.07) is 7.31. The molecule has 134 valence electrons. The van der Waals surface area contributed by atoms with Crippen LogP contribution in [0.5, 0.6) is 0 Å². The third kappa shape index (κ3) is 3.00. The Hall–Kier alpha value is -2.96. The summed E-state index contributed by atoms with van der Waals surface area (Å²) in [4.78, 5) is 24.2. The molecule has 1 saturated heterocycles. The third-order valence-corrected chi connectivity index (χ3v) is 4.84. The van der Waals surface area contributed by atoms with Crippen LogP contribution in [0.25, 0.3) is 5.82 Å². The van der Waals surface area contributed by atoms with Gasteiger partial charge in [-0.3, -0.25) is 4.79 Å². The fourth-order valence-corrected chi connectivity index (χ4v) is 3.55. The SMILES string of the molecule is CCn1ccnc1C1CCCCN1C(=O)c1cccc(-n2cccn2)n1. The Labute approximate surface area is 152 Å². The number of rotatable bonds is 4. The summed E-state index contributed by atoms with van der Waals surface area (Å²) in [7, 11) is 0. The molecule has 0 N–H and O–H groups in total. The van der Waals surface area contributed by atoms with Crippen LogP contribution in [0.15, 0.2) is 49.1 Å². The van der Waals surface area contributed by atoms with Crippen molar-refractivity contribution in [1.29, 1.82) is 0 Å². The summed E-state index contributed by atoms with van der Waals surface area (Å²) in [6.07, 6.45) is 10.3. The maximum Gasteiger partial charge on any atom is 0.273 e. The molecule has 4 heterocycles. The van der Waals surface area contributed by atoms with Crippen LogP contribution in [0.3, 0.4) is 0 Å². The second-order valence-corrected chi connectivity index (χ2v) is 6.41. The van der Waals surface area contributed by atoms with Gasteiger partial charge in [0.1, 0.15) is 11.5 Å². The minimum absolute atomic E-state index is 0.00126. The lowest BCUT2D eigenvalue weighted by Crippen LogP contribution is -2.40. The Morgan fingerprint density at radius 2 is 2.12 bits per heavy atom. The van der Waals surface area contributed by atoms with Crippen LogP contribution in [0.2, 0.25) is 0 Å². The molecular weight excluding hydrogens is 328 g/mol. The van der Waals surface area contributed by atoms with Crippen LogP contribution in [-0.2, 0) is 6.54 Å². The van der Waals surface area contributed by atoms with E-state index < -0.39 is 0 Å². The molecule has 0 aromatic carbocycles. The smallest absolute Gasteiger partial charge is 0.273 e. The number of hydrogen-bond donors (Lipinski definition) is 0. The van der Waals surface area contributed by atoms with Crippen molar-refractivity contribution < 1.29 is 4.79 Å². The van der Waals surface area contributed by atoms with Gasteiger partial charge < -0.3 is 9.47 Å². The Bertz CT molecular complexity index is 885. The summed E-state index contributed by atoms with van der Waals surface area (Å²) in [5.41, 5.74) is 0.444. The zero-order chi connectivity index (χ0) is 17.9. The van der Waals surface area contributed by atoms with E-state index in [0.717, 1.165) is 38.2 Å². The number of carbonyl (C=O) groups excluding carboxylic acids is 1. The van der Waals surface area contributed by atoms with E-state index in [1.807, 2.05) is 41.7 Å². The normalized spacial score (nSPS) is 17.4. The Balaban J connectivity index is 1.65. The van der Waals surface area contributed by atoms with Crippen molar-refractivity contribution in [2.75, 3.05) is 6.54 Å². The van der Waals surface area contributed by atoms with Gasteiger partial charge in [0.25, 0.3) is 5.91 Å². The van der Waals surface area contributed by atoms with Crippen molar-refractivity contribution in [3.63, 3.8) is 0 Å². The molecule has 0 aliphatic carbocycles. The first-order valence-electron chi connectivity index (χ1n) is 9.07. The first kappa shape index (κ1) is 16.5. The van der Waals surface area contributed by atoms with Crippen molar-refractivity contribution in [2.45, 2.75) is 38.8 Å². The molecule has 1 aliphatic heterocycles. The number of carbonyl (C=O) groups is 1. The molecule has 0 radical (unpaired) electrons. The van der Waals surface area contributed by atoms with E-state index in [1.165, 1.54) is 0 Å². The largest absolute Gasteiger partial charge is 0.333 e. The van der Waals surface area contributed by atoms with Gasteiger partial charge in [0.05, 0.1) is 6.04 Å². The maximum atomic E-state index is 13.2. The molecule has 0 saturated carbocycles. The second kappa shape index (κ2) is 7.11. The topological polar surface area (TPSA) is 68.8 Å². The zero-order valence-electron chi connectivity index (χ0n) is 14.8. The zero-order valence-corrected chi connectivity index (χ0v) is 14.8. The number of imidazole rings is 1. The number of hydrogen-bond acceptors (Lipinski definition) is 4. The first-order chi connectivity index (χ1) is 12.8. The highest BCUT2D eigenvalue weighted by molar-refractivity contribution is 5.92. The summed E-state index contributed by atoms with van der Waals surface area (Å²) in [6.45, 7) is 3.67. The number of nitrogens with zero attached hydrogens (tertiary/aromatic N) is 6. The van der Waals surface area contributed by atoms with Gasteiger partial charge in [0, 0.05) is 37.9 Å². The van der Waals surface area contributed by atoms with E-state index in [9.17, 15) is 4.79 Å². The monoisotopic (exact) mass is 350 g/mol. The average molecular weight is 350 g/mol. The number of aromatic nitrogens is 5. The molecule has 0 spiro atoms. The van der Waals surface area contributed by atoms with E-state index in [1.54, 1.807) is 16.9 Å². The Morgan fingerprint density at radius 3 is 2.92 bits per heavy atom. The van der Waals surface area contributed by atoms with Crippen molar-refractivity contribution in [3.05, 3.63) is 60.6 Å². The Kier molecular flexibility index (Phi) is 4.51. The lowest BCUT2D eigenvalue weighted by Gasteiger charge is -2.35. The molecule has 26 heavy (non-hydrogen) atoms. The van der Waals surface area contributed by atoms with Gasteiger partial charge in [-0.25, -0.2) is 14.6 Å². The van der Waals surface area contributed by atoms with Gasteiger partial charge in [-0.2, -0.15) is 5.10 Å². The van der Waals surface area contributed by atoms with E-state index in [2.05, 4.69) is 26.6 Å². The third-order valence-electron chi connectivity index (χ3n) is 4.84. The molecule has 1 unspecified atom stereocenters. The molecule has 3 aromatic heterocycles. The van der Waals surface area contributed by atoms with E-state index >= 15 is 0 Å². The van der Waals surface area contributed by atoms with Gasteiger partial charge >= 0.3 is 0 Å². The predicted octanol–water partition coefficient (Wildman–Crippen LogP) is 2.85. The number of amides is 1. The molecule has 7 nitrogen and oxygen atoms in total. The number of likely N-dealkylation sites (tertiary alicyclic amines) is 1. The lowest BCUT2D eigenvalue weighted by atomic mass is 10.0. The van der Waals surface area contributed by atoms with Crippen molar-refractivity contribution in [3.8, 4) is 5.82 Å². The highest BCUT2D eigenvalue weighted by atomic mass is 16.2. The van der Waals surface area contributed by atoms with Crippen LogP contribution in [0.1, 0.15) is 48.5 Å². The summed E-state index contributed by atoms with van der Waals surface area (Å²) in [5.74, 6) is 1.56. The number of piperidine rings is 1. The van der Waals surface area contributed by atoms with Crippen LogP contribution < -0.4 is 0 Å². The average Bonchev–Trinajstić information content (AvgIpc) is 3.39.